The van der Waals surface area contributed by atoms with Crippen molar-refractivity contribution in [3.63, 3.8) is 0 Å². The second kappa shape index (κ2) is 6.35. The summed E-state index contributed by atoms with van der Waals surface area (Å²) in [4.78, 5) is 13.1. The molecule has 0 atom stereocenters. The lowest BCUT2D eigenvalue weighted by molar-refractivity contribution is 0.619. The number of nitrogens with one attached hydrogen (secondary N) is 1. The molecule has 4 heterocycles. The van der Waals surface area contributed by atoms with Gasteiger partial charge >= 0.3 is 0 Å². The lowest BCUT2D eigenvalue weighted by atomic mass is 10.4. The average Bonchev–Trinajstić information content (AvgIpc) is 3.22. The molecule has 1 N–H and O–H groups in total. The fourth-order valence-corrected chi connectivity index (χ4v) is 2.73. The van der Waals surface area contributed by atoms with Crippen LogP contribution in [0.15, 0.2) is 55.2 Å². The van der Waals surface area contributed by atoms with Crippen LogP contribution in [0.1, 0.15) is 13.3 Å². The highest BCUT2D eigenvalue weighted by Crippen LogP contribution is 2.21. The fraction of sp³-hybridized carbons (Fsp3) is 0.167. The van der Waals surface area contributed by atoms with Gasteiger partial charge in [-0.05, 0) is 30.7 Å². The summed E-state index contributed by atoms with van der Waals surface area (Å²) in [7, 11) is 0. The number of imidazole rings is 1. The largest absolute Gasteiger partial charge is 0.352 e. The van der Waals surface area contributed by atoms with Crippen molar-refractivity contribution in [1.82, 2.24) is 23.9 Å². The first-order valence-corrected chi connectivity index (χ1v) is 8.12. The van der Waals surface area contributed by atoms with Gasteiger partial charge in [-0.2, -0.15) is 0 Å². The Morgan fingerprint density at radius 1 is 1.12 bits per heavy atom. The van der Waals surface area contributed by atoms with E-state index in [4.69, 9.17) is 0 Å². The van der Waals surface area contributed by atoms with Crippen LogP contribution >= 0.6 is 0 Å². The number of nitrogens with zero attached hydrogens (tertiary/aromatic N) is 5. The lowest BCUT2D eigenvalue weighted by Crippen LogP contribution is -1.98. The summed E-state index contributed by atoms with van der Waals surface area (Å²) in [5.41, 5.74) is 2.25. The van der Waals surface area contributed by atoms with Crippen molar-refractivity contribution in [2.75, 3.05) is 5.32 Å². The standard InChI is InChI=1S/C18H17FN6/c1-2-8-24-9-6-14(12-24)22-16-5-7-20-18(23-16)15-10-21-17-4-3-13(19)11-25(15)17/h3-7,9-12H,2,8H2,1H3,(H,20,22,23). The Morgan fingerprint density at radius 2 is 2.04 bits per heavy atom. The maximum Gasteiger partial charge on any atom is 0.180 e. The summed E-state index contributed by atoms with van der Waals surface area (Å²) in [5.74, 6) is 0.819. The Labute approximate surface area is 144 Å². The number of anilines is 2. The summed E-state index contributed by atoms with van der Waals surface area (Å²) >= 11 is 0. The quantitative estimate of drug-likeness (QED) is 0.601. The Bertz CT molecular complexity index is 1020. The lowest BCUT2D eigenvalue weighted by Gasteiger charge is -2.05. The Morgan fingerprint density at radius 3 is 2.92 bits per heavy atom. The minimum atomic E-state index is -0.335. The van der Waals surface area contributed by atoms with Crippen molar-refractivity contribution in [1.29, 1.82) is 0 Å². The molecule has 4 aromatic heterocycles. The third kappa shape index (κ3) is 3.08. The van der Waals surface area contributed by atoms with Gasteiger partial charge in [0.15, 0.2) is 5.82 Å². The zero-order valence-corrected chi connectivity index (χ0v) is 13.7. The van der Waals surface area contributed by atoms with E-state index in [-0.39, 0.29) is 5.82 Å². The van der Waals surface area contributed by atoms with E-state index in [1.165, 1.54) is 12.3 Å². The number of halogens is 1. The van der Waals surface area contributed by atoms with Gasteiger partial charge in [0.25, 0.3) is 0 Å². The highest BCUT2D eigenvalue weighted by molar-refractivity contribution is 5.61. The van der Waals surface area contributed by atoms with E-state index in [0.717, 1.165) is 18.7 Å². The van der Waals surface area contributed by atoms with Crippen molar-refractivity contribution in [2.45, 2.75) is 19.9 Å². The molecule has 4 rings (SSSR count). The summed E-state index contributed by atoms with van der Waals surface area (Å²) in [6.07, 6.45) is 9.84. The maximum atomic E-state index is 13.5. The molecule has 0 bridgehead atoms. The highest BCUT2D eigenvalue weighted by Gasteiger charge is 2.10. The van der Waals surface area contributed by atoms with Crippen LogP contribution in [0.4, 0.5) is 15.9 Å². The summed E-state index contributed by atoms with van der Waals surface area (Å²) in [5, 5.41) is 3.27. The number of hydrogen-bond donors (Lipinski definition) is 1. The van der Waals surface area contributed by atoms with Gasteiger partial charge in [-0.3, -0.25) is 4.40 Å². The van der Waals surface area contributed by atoms with Crippen LogP contribution in [0.5, 0.6) is 0 Å². The van der Waals surface area contributed by atoms with Gasteiger partial charge < -0.3 is 9.88 Å². The van der Waals surface area contributed by atoms with E-state index in [0.29, 0.717) is 23.0 Å². The number of hydrogen-bond acceptors (Lipinski definition) is 4. The first kappa shape index (κ1) is 15.3. The van der Waals surface area contributed by atoms with Gasteiger partial charge in [0.1, 0.15) is 23.0 Å². The molecule has 0 saturated carbocycles. The predicted molar refractivity (Wildman–Crippen MR) is 94.2 cm³/mol. The van der Waals surface area contributed by atoms with Gasteiger partial charge in [0, 0.05) is 31.3 Å². The molecule has 25 heavy (non-hydrogen) atoms. The van der Waals surface area contributed by atoms with Crippen LogP contribution in [0.2, 0.25) is 0 Å². The van der Waals surface area contributed by atoms with E-state index in [1.807, 2.05) is 18.5 Å². The fourth-order valence-electron chi connectivity index (χ4n) is 2.73. The summed E-state index contributed by atoms with van der Waals surface area (Å²) < 4.78 is 17.3. The van der Waals surface area contributed by atoms with Crippen LogP contribution in [-0.4, -0.2) is 23.9 Å². The van der Waals surface area contributed by atoms with E-state index < -0.39 is 0 Å². The van der Waals surface area contributed by atoms with Crippen LogP contribution in [-0.2, 0) is 6.54 Å². The predicted octanol–water partition coefficient (Wildman–Crippen LogP) is 3.89. The smallest absolute Gasteiger partial charge is 0.180 e. The van der Waals surface area contributed by atoms with Crippen LogP contribution in [0.3, 0.4) is 0 Å². The van der Waals surface area contributed by atoms with Gasteiger partial charge in [-0.1, -0.05) is 6.92 Å². The van der Waals surface area contributed by atoms with Gasteiger partial charge in [0.2, 0.25) is 0 Å². The van der Waals surface area contributed by atoms with Crippen LogP contribution in [0.25, 0.3) is 17.2 Å². The molecule has 7 heteroatoms. The van der Waals surface area contributed by atoms with Crippen molar-refractivity contribution in [2.24, 2.45) is 0 Å². The van der Waals surface area contributed by atoms with E-state index in [1.54, 1.807) is 28.9 Å². The molecular formula is C18H17FN6. The third-order valence-corrected chi connectivity index (χ3v) is 3.86. The van der Waals surface area contributed by atoms with Gasteiger partial charge in [-0.25, -0.2) is 19.3 Å². The zero-order valence-electron chi connectivity index (χ0n) is 13.7. The first-order chi connectivity index (χ1) is 12.2. The molecule has 0 radical (unpaired) electrons. The molecule has 0 saturated heterocycles. The van der Waals surface area contributed by atoms with E-state index in [9.17, 15) is 4.39 Å². The van der Waals surface area contributed by atoms with Gasteiger partial charge in [0.05, 0.1) is 11.9 Å². The third-order valence-electron chi connectivity index (χ3n) is 3.86. The molecule has 0 aliphatic heterocycles. The Kier molecular flexibility index (Phi) is 3.89. The Balaban J connectivity index is 1.65. The molecule has 6 nitrogen and oxygen atoms in total. The number of aryl methyl sites for hydroxylation is 1. The van der Waals surface area contributed by atoms with Crippen LogP contribution < -0.4 is 5.32 Å². The molecule has 4 aromatic rings. The molecule has 0 unspecified atom stereocenters. The number of aromatic nitrogens is 5. The van der Waals surface area contributed by atoms with Crippen molar-refractivity contribution < 1.29 is 4.39 Å². The normalized spacial score (nSPS) is 11.1. The van der Waals surface area contributed by atoms with E-state index >= 15 is 0 Å². The summed E-state index contributed by atoms with van der Waals surface area (Å²) in [6.45, 7) is 3.12. The highest BCUT2D eigenvalue weighted by atomic mass is 19.1. The van der Waals surface area contributed by atoms with E-state index in [2.05, 4.69) is 31.8 Å². The molecule has 0 amide bonds. The molecule has 0 fully saturated rings. The summed E-state index contributed by atoms with van der Waals surface area (Å²) in [6, 6.07) is 6.80. The van der Waals surface area contributed by atoms with Crippen molar-refractivity contribution in [3.8, 4) is 11.5 Å². The van der Waals surface area contributed by atoms with Crippen LogP contribution in [0, 0.1) is 5.82 Å². The molecule has 126 valence electrons. The monoisotopic (exact) mass is 336 g/mol. The molecule has 0 aliphatic rings. The Hall–Kier alpha value is -3.22. The minimum absolute atomic E-state index is 0.335. The van der Waals surface area contributed by atoms with Gasteiger partial charge in [-0.15, -0.1) is 0 Å². The minimum Gasteiger partial charge on any atom is -0.352 e. The average molecular weight is 336 g/mol. The van der Waals surface area contributed by atoms with Crippen molar-refractivity contribution in [3.05, 3.63) is 61.1 Å². The molecule has 0 spiro atoms. The number of rotatable bonds is 5. The van der Waals surface area contributed by atoms with Crippen molar-refractivity contribution >= 4 is 17.2 Å². The maximum absolute atomic E-state index is 13.5. The topological polar surface area (TPSA) is 60.0 Å². The second-order valence-corrected chi connectivity index (χ2v) is 5.75. The SMILES string of the molecule is CCCn1ccc(Nc2ccnc(-c3cnc4ccc(F)cn34)n2)c1. The number of fused-ring (bicyclic) bond motifs is 1. The first-order valence-electron chi connectivity index (χ1n) is 8.12. The molecular weight excluding hydrogens is 319 g/mol. The molecule has 0 aliphatic carbocycles. The molecule has 0 aromatic carbocycles. The number of pyridine rings is 1. The zero-order chi connectivity index (χ0) is 17.2. The second-order valence-electron chi connectivity index (χ2n) is 5.75.